The number of hydrogen-bond donors (Lipinski definition) is 1. The molecular formula is C11H21N. The summed E-state index contributed by atoms with van der Waals surface area (Å²) in [6.07, 6.45) is 7.39. The Morgan fingerprint density at radius 1 is 1.58 bits per heavy atom. The van der Waals surface area contributed by atoms with Gasteiger partial charge < -0.3 is 5.32 Å². The van der Waals surface area contributed by atoms with Crippen molar-refractivity contribution in [3.05, 3.63) is 12.7 Å². The Hall–Kier alpha value is -0.300. The smallest absolute Gasteiger partial charge is 0.0129 e. The molecular weight excluding hydrogens is 146 g/mol. The largest absolute Gasteiger partial charge is 0.316 e. The SMILES string of the molecule is C=CCC(NC)C1CCCC1C. The minimum atomic E-state index is 0.667. The number of nitrogens with one attached hydrogen (secondary N) is 1. The van der Waals surface area contributed by atoms with Gasteiger partial charge in [-0.15, -0.1) is 6.58 Å². The lowest BCUT2D eigenvalue weighted by Gasteiger charge is -2.25. The predicted molar refractivity (Wildman–Crippen MR) is 54.2 cm³/mol. The van der Waals surface area contributed by atoms with Gasteiger partial charge in [0.15, 0.2) is 0 Å². The van der Waals surface area contributed by atoms with Gasteiger partial charge in [-0.2, -0.15) is 0 Å². The molecule has 1 aliphatic rings. The molecule has 0 aromatic heterocycles. The highest BCUT2D eigenvalue weighted by Crippen LogP contribution is 2.34. The molecule has 3 atom stereocenters. The van der Waals surface area contributed by atoms with Crippen molar-refractivity contribution in [2.75, 3.05) is 7.05 Å². The van der Waals surface area contributed by atoms with Crippen molar-refractivity contribution in [1.29, 1.82) is 0 Å². The number of hydrogen-bond acceptors (Lipinski definition) is 1. The summed E-state index contributed by atoms with van der Waals surface area (Å²) in [5.74, 6) is 1.79. The monoisotopic (exact) mass is 167 g/mol. The van der Waals surface area contributed by atoms with Crippen molar-refractivity contribution in [2.45, 2.75) is 38.6 Å². The van der Waals surface area contributed by atoms with Crippen LogP contribution in [0.3, 0.4) is 0 Å². The Kier molecular flexibility index (Phi) is 3.80. The van der Waals surface area contributed by atoms with Crippen LogP contribution < -0.4 is 5.32 Å². The zero-order valence-electron chi connectivity index (χ0n) is 8.34. The van der Waals surface area contributed by atoms with E-state index in [1.807, 2.05) is 6.08 Å². The van der Waals surface area contributed by atoms with Crippen LogP contribution in [0.25, 0.3) is 0 Å². The maximum atomic E-state index is 3.80. The zero-order chi connectivity index (χ0) is 8.97. The first-order valence-corrected chi connectivity index (χ1v) is 5.07. The fraction of sp³-hybridized carbons (Fsp3) is 0.818. The van der Waals surface area contributed by atoms with Gasteiger partial charge >= 0.3 is 0 Å². The highest BCUT2D eigenvalue weighted by Gasteiger charge is 2.28. The molecule has 12 heavy (non-hydrogen) atoms. The van der Waals surface area contributed by atoms with Gasteiger partial charge in [-0.25, -0.2) is 0 Å². The molecule has 0 heterocycles. The summed E-state index contributed by atoms with van der Waals surface area (Å²) < 4.78 is 0. The summed E-state index contributed by atoms with van der Waals surface area (Å²) in [6.45, 7) is 6.18. The lowest BCUT2D eigenvalue weighted by molar-refractivity contribution is 0.311. The van der Waals surface area contributed by atoms with Crippen LogP contribution in [-0.2, 0) is 0 Å². The molecule has 0 bridgehead atoms. The third-order valence-electron chi connectivity index (χ3n) is 3.24. The molecule has 0 saturated heterocycles. The van der Waals surface area contributed by atoms with Gasteiger partial charge in [-0.3, -0.25) is 0 Å². The average molecular weight is 167 g/mol. The van der Waals surface area contributed by atoms with E-state index in [-0.39, 0.29) is 0 Å². The van der Waals surface area contributed by atoms with Crippen molar-refractivity contribution in [1.82, 2.24) is 5.32 Å². The van der Waals surface area contributed by atoms with Gasteiger partial charge in [-0.05, 0) is 31.7 Å². The van der Waals surface area contributed by atoms with Crippen molar-refractivity contribution in [3.63, 3.8) is 0 Å². The molecule has 0 spiro atoms. The van der Waals surface area contributed by atoms with Gasteiger partial charge in [0.1, 0.15) is 0 Å². The summed E-state index contributed by atoms with van der Waals surface area (Å²) in [4.78, 5) is 0. The molecule has 0 aliphatic heterocycles. The molecule has 1 heteroatoms. The molecule has 1 nitrogen and oxygen atoms in total. The first-order chi connectivity index (χ1) is 5.79. The van der Waals surface area contributed by atoms with Crippen LogP contribution in [-0.4, -0.2) is 13.1 Å². The van der Waals surface area contributed by atoms with Gasteiger partial charge in [0.05, 0.1) is 0 Å². The van der Waals surface area contributed by atoms with Crippen LogP contribution in [0, 0.1) is 11.8 Å². The van der Waals surface area contributed by atoms with E-state index in [4.69, 9.17) is 0 Å². The van der Waals surface area contributed by atoms with Gasteiger partial charge in [0.25, 0.3) is 0 Å². The topological polar surface area (TPSA) is 12.0 Å². The van der Waals surface area contributed by atoms with Gasteiger partial charge in [-0.1, -0.05) is 25.8 Å². The van der Waals surface area contributed by atoms with E-state index in [2.05, 4.69) is 25.9 Å². The summed E-state index contributed by atoms with van der Waals surface area (Å²) in [5.41, 5.74) is 0. The minimum Gasteiger partial charge on any atom is -0.316 e. The second-order valence-corrected chi connectivity index (χ2v) is 3.99. The average Bonchev–Trinajstić information content (AvgIpc) is 2.47. The maximum absolute atomic E-state index is 3.80. The van der Waals surface area contributed by atoms with E-state index in [1.165, 1.54) is 19.3 Å². The fourth-order valence-electron chi connectivity index (χ4n) is 2.46. The molecule has 1 rings (SSSR count). The van der Waals surface area contributed by atoms with Crippen LogP contribution >= 0.6 is 0 Å². The van der Waals surface area contributed by atoms with Crippen molar-refractivity contribution < 1.29 is 0 Å². The van der Waals surface area contributed by atoms with E-state index in [1.54, 1.807) is 0 Å². The fourth-order valence-corrected chi connectivity index (χ4v) is 2.46. The molecule has 70 valence electrons. The van der Waals surface area contributed by atoms with E-state index < -0.39 is 0 Å². The maximum Gasteiger partial charge on any atom is 0.0129 e. The Morgan fingerprint density at radius 2 is 2.33 bits per heavy atom. The lowest BCUT2D eigenvalue weighted by atomic mass is 9.88. The zero-order valence-corrected chi connectivity index (χ0v) is 8.34. The molecule has 3 unspecified atom stereocenters. The highest BCUT2D eigenvalue weighted by atomic mass is 14.9. The Morgan fingerprint density at radius 3 is 2.75 bits per heavy atom. The van der Waals surface area contributed by atoms with Crippen molar-refractivity contribution in [2.24, 2.45) is 11.8 Å². The highest BCUT2D eigenvalue weighted by molar-refractivity contribution is 4.88. The first kappa shape index (κ1) is 9.79. The Labute approximate surface area is 76.2 Å². The second kappa shape index (κ2) is 4.66. The van der Waals surface area contributed by atoms with Crippen LogP contribution in [0.5, 0.6) is 0 Å². The third-order valence-corrected chi connectivity index (χ3v) is 3.24. The van der Waals surface area contributed by atoms with Crippen LogP contribution in [0.4, 0.5) is 0 Å². The molecule has 1 fully saturated rings. The lowest BCUT2D eigenvalue weighted by Crippen LogP contribution is -2.34. The minimum absolute atomic E-state index is 0.667. The third kappa shape index (κ3) is 2.10. The standard InChI is InChI=1S/C11H21N/c1-4-6-11(12-3)10-8-5-7-9(10)2/h4,9-12H,1,5-8H2,2-3H3. The summed E-state index contributed by atoms with van der Waals surface area (Å²) >= 11 is 0. The van der Waals surface area contributed by atoms with Crippen molar-refractivity contribution >= 4 is 0 Å². The molecule has 0 aromatic carbocycles. The predicted octanol–water partition coefficient (Wildman–Crippen LogP) is 2.59. The van der Waals surface area contributed by atoms with Crippen molar-refractivity contribution in [3.8, 4) is 0 Å². The summed E-state index contributed by atoms with van der Waals surface area (Å²) in [5, 5.41) is 3.40. The van der Waals surface area contributed by atoms with E-state index in [0.29, 0.717) is 6.04 Å². The quantitative estimate of drug-likeness (QED) is 0.635. The van der Waals surface area contributed by atoms with E-state index in [9.17, 15) is 0 Å². The number of rotatable bonds is 4. The van der Waals surface area contributed by atoms with Gasteiger partial charge in [0.2, 0.25) is 0 Å². The van der Waals surface area contributed by atoms with E-state index >= 15 is 0 Å². The molecule has 1 N–H and O–H groups in total. The summed E-state index contributed by atoms with van der Waals surface area (Å²) in [6, 6.07) is 0.667. The molecule has 0 amide bonds. The second-order valence-electron chi connectivity index (χ2n) is 3.99. The van der Waals surface area contributed by atoms with Crippen LogP contribution in [0.2, 0.25) is 0 Å². The Bertz CT molecular complexity index is 142. The van der Waals surface area contributed by atoms with Gasteiger partial charge in [0, 0.05) is 6.04 Å². The molecule has 1 saturated carbocycles. The Balaban J connectivity index is 2.46. The molecule has 0 aromatic rings. The molecule has 1 aliphatic carbocycles. The summed E-state index contributed by atoms with van der Waals surface area (Å²) in [7, 11) is 2.07. The van der Waals surface area contributed by atoms with E-state index in [0.717, 1.165) is 18.3 Å². The van der Waals surface area contributed by atoms with Crippen LogP contribution in [0.1, 0.15) is 32.6 Å². The van der Waals surface area contributed by atoms with Crippen LogP contribution in [0.15, 0.2) is 12.7 Å². The molecule has 0 radical (unpaired) electrons. The normalized spacial score (nSPS) is 31.8. The first-order valence-electron chi connectivity index (χ1n) is 5.07.